The third kappa shape index (κ3) is 2.71. The number of aromatic hydroxyl groups is 1. The van der Waals surface area contributed by atoms with Gasteiger partial charge in [0.15, 0.2) is 0 Å². The average molecular weight is 289 g/mol. The molecule has 1 saturated heterocycles. The highest BCUT2D eigenvalue weighted by Crippen LogP contribution is 2.37. The topological polar surface area (TPSA) is 49.8 Å². The Morgan fingerprint density at radius 2 is 2.00 bits per heavy atom. The molecule has 2 fully saturated rings. The molecule has 1 amide bonds. The van der Waals surface area contributed by atoms with Crippen LogP contribution in [0.4, 0.5) is 0 Å². The molecule has 21 heavy (non-hydrogen) atoms. The third-order valence-electron chi connectivity index (χ3n) is 4.94. The molecule has 1 aromatic rings. The van der Waals surface area contributed by atoms with Gasteiger partial charge in [0.1, 0.15) is 11.5 Å². The summed E-state index contributed by atoms with van der Waals surface area (Å²) in [4.78, 5) is 14.8. The summed E-state index contributed by atoms with van der Waals surface area (Å²) in [5.74, 6) is 1.19. The van der Waals surface area contributed by atoms with Crippen LogP contribution in [0.3, 0.4) is 0 Å². The number of fused-ring (bicyclic) bond motifs is 1. The molecular formula is C17H23NO3. The van der Waals surface area contributed by atoms with E-state index < -0.39 is 0 Å². The van der Waals surface area contributed by atoms with Crippen LogP contribution in [0.2, 0.25) is 0 Å². The first-order chi connectivity index (χ1) is 10.2. The molecule has 0 bridgehead atoms. The first-order valence-corrected chi connectivity index (χ1v) is 7.88. The lowest BCUT2D eigenvalue weighted by molar-refractivity contribution is 0.0388. The minimum atomic E-state index is -0.0354. The molecule has 0 aromatic heterocycles. The van der Waals surface area contributed by atoms with Crippen molar-refractivity contribution in [3.8, 4) is 11.5 Å². The number of rotatable bonds is 2. The van der Waals surface area contributed by atoms with Gasteiger partial charge in [-0.2, -0.15) is 0 Å². The van der Waals surface area contributed by atoms with Gasteiger partial charge in [-0.15, -0.1) is 0 Å². The zero-order valence-electron chi connectivity index (χ0n) is 12.5. The van der Waals surface area contributed by atoms with E-state index in [4.69, 9.17) is 4.74 Å². The summed E-state index contributed by atoms with van der Waals surface area (Å²) in [5.41, 5.74) is 0.391. The molecule has 1 N–H and O–H groups in total. The lowest BCUT2D eigenvalue weighted by atomic mass is 9.78. The van der Waals surface area contributed by atoms with E-state index in [0.29, 0.717) is 23.3 Å². The van der Waals surface area contributed by atoms with E-state index in [0.717, 1.165) is 19.4 Å². The van der Waals surface area contributed by atoms with Crippen LogP contribution in [0.25, 0.3) is 0 Å². The molecule has 1 aliphatic carbocycles. The Bertz CT molecular complexity index is 527. The smallest absolute Gasteiger partial charge is 0.257 e. The lowest BCUT2D eigenvalue weighted by Gasteiger charge is -2.44. The van der Waals surface area contributed by atoms with Crippen LogP contribution in [0.1, 0.15) is 48.9 Å². The van der Waals surface area contributed by atoms with Gasteiger partial charge in [-0.25, -0.2) is 0 Å². The van der Waals surface area contributed by atoms with Gasteiger partial charge in [0.2, 0.25) is 0 Å². The maximum atomic E-state index is 12.8. The van der Waals surface area contributed by atoms with E-state index in [1.807, 2.05) is 4.90 Å². The van der Waals surface area contributed by atoms with Gasteiger partial charge in [0.25, 0.3) is 5.91 Å². The van der Waals surface area contributed by atoms with Gasteiger partial charge in [-0.05, 0) is 43.7 Å². The summed E-state index contributed by atoms with van der Waals surface area (Å²) in [5, 5.41) is 10.1. The van der Waals surface area contributed by atoms with Crippen molar-refractivity contribution in [1.82, 2.24) is 4.90 Å². The summed E-state index contributed by atoms with van der Waals surface area (Å²) in [6, 6.07) is 5.27. The number of phenolic OH excluding ortho intramolecular Hbond substituents is 1. The highest BCUT2D eigenvalue weighted by atomic mass is 16.5. The monoisotopic (exact) mass is 289 g/mol. The SMILES string of the molecule is COc1ccc(C(=O)N2CCCC3CCCCC32)c(O)c1. The maximum absolute atomic E-state index is 12.8. The van der Waals surface area contributed by atoms with Gasteiger partial charge in [0, 0.05) is 18.7 Å². The summed E-state index contributed by atoms with van der Waals surface area (Å²) < 4.78 is 5.08. The summed E-state index contributed by atoms with van der Waals surface area (Å²) in [6.45, 7) is 0.811. The molecule has 114 valence electrons. The normalized spacial score (nSPS) is 25.3. The second kappa shape index (κ2) is 5.96. The Hall–Kier alpha value is -1.71. The van der Waals surface area contributed by atoms with Crippen LogP contribution >= 0.6 is 0 Å². The number of methoxy groups -OCH3 is 1. The maximum Gasteiger partial charge on any atom is 0.257 e. The minimum Gasteiger partial charge on any atom is -0.507 e. The van der Waals surface area contributed by atoms with Crippen molar-refractivity contribution in [2.24, 2.45) is 5.92 Å². The van der Waals surface area contributed by atoms with E-state index in [9.17, 15) is 9.90 Å². The molecule has 4 heteroatoms. The first-order valence-electron chi connectivity index (χ1n) is 7.88. The van der Waals surface area contributed by atoms with E-state index in [1.165, 1.54) is 31.7 Å². The van der Waals surface area contributed by atoms with Gasteiger partial charge < -0.3 is 14.7 Å². The fourth-order valence-corrected chi connectivity index (χ4v) is 3.85. The highest BCUT2D eigenvalue weighted by molar-refractivity contribution is 5.97. The van der Waals surface area contributed by atoms with Crippen molar-refractivity contribution in [1.29, 1.82) is 0 Å². The summed E-state index contributed by atoms with van der Waals surface area (Å²) in [6.07, 6.45) is 7.15. The minimum absolute atomic E-state index is 0.0114. The molecule has 0 spiro atoms. The van der Waals surface area contributed by atoms with Crippen LogP contribution in [0.15, 0.2) is 18.2 Å². The molecule has 1 aliphatic heterocycles. The quantitative estimate of drug-likeness (QED) is 0.909. The van der Waals surface area contributed by atoms with Crippen LogP contribution in [0.5, 0.6) is 11.5 Å². The Morgan fingerprint density at radius 1 is 1.24 bits per heavy atom. The Morgan fingerprint density at radius 3 is 2.76 bits per heavy atom. The summed E-state index contributed by atoms with van der Waals surface area (Å²) >= 11 is 0. The number of carbonyl (C=O) groups excluding carboxylic acids is 1. The number of hydrogen-bond donors (Lipinski definition) is 1. The Balaban J connectivity index is 1.83. The number of amides is 1. The molecule has 2 atom stereocenters. The van der Waals surface area contributed by atoms with E-state index >= 15 is 0 Å². The largest absolute Gasteiger partial charge is 0.507 e. The molecule has 4 nitrogen and oxygen atoms in total. The van der Waals surface area contributed by atoms with Gasteiger partial charge in [0.05, 0.1) is 12.7 Å². The standard InChI is InChI=1S/C17H23NO3/c1-21-13-8-9-14(16(19)11-13)17(20)18-10-4-6-12-5-2-3-7-15(12)18/h8-9,11-12,15,19H,2-7,10H2,1H3. The highest BCUT2D eigenvalue weighted by Gasteiger charge is 2.36. The number of nitrogens with zero attached hydrogens (tertiary/aromatic N) is 1. The zero-order chi connectivity index (χ0) is 14.8. The second-order valence-electron chi connectivity index (χ2n) is 6.14. The van der Waals surface area contributed by atoms with Crippen molar-refractivity contribution in [2.45, 2.75) is 44.6 Å². The molecule has 1 aromatic carbocycles. The molecule has 1 heterocycles. The predicted molar refractivity (Wildman–Crippen MR) is 80.7 cm³/mol. The molecule has 3 rings (SSSR count). The van der Waals surface area contributed by atoms with Gasteiger partial charge in [-0.1, -0.05) is 12.8 Å². The molecule has 1 saturated carbocycles. The van der Waals surface area contributed by atoms with E-state index in [-0.39, 0.29) is 11.7 Å². The number of ether oxygens (including phenoxy) is 1. The van der Waals surface area contributed by atoms with Crippen LogP contribution in [-0.4, -0.2) is 35.6 Å². The number of hydrogen-bond acceptors (Lipinski definition) is 3. The van der Waals surface area contributed by atoms with Gasteiger partial charge in [-0.3, -0.25) is 4.79 Å². The van der Waals surface area contributed by atoms with Crippen LogP contribution in [0, 0.1) is 5.92 Å². The number of carbonyl (C=O) groups is 1. The fraction of sp³-hybridized carbons (Fsp3) is 0.588. The second-order valence-corrected chi connectivity index (χ2v) is 6.14. The summed E-state index contributed by atoms with van der Waals surface area (Å²) in [7, 11) is 1.55. The van der Waals surface area contributed by atoms with Crippen molar-refractivity contribution >= 4 is 5.91 Å². The first kappa shape index (κ1) is 14.2. The molecule has 0 radical (unpaired) electrons. The zero-order valence-corrected chi connectivity index (χ0v) is 12.5. The molecular weight excluding hydrogens is 266 g/mol. The number of benzene rings is 1. The van der Waals surface area contributed by atoms with E-state index in [1.54, 1.807) is 19.2 Å². The average Bonchev–Trinajstić information content (AvgIpc) is 2.53. The number of piperidine rings is 1. The number of likely N-dealkylation sites (tertiary alicyclic amines) is 1. The van der Waals surface area contributed by atoms with Crippen LogP contribution < -0.4 is 4.74 Å². The molecule has 2 aliphatic rings. The van der Waals surface area contributed by atoms with E-state index in [2.05, 4.69) is 0 Å². The predicted octanol–water partition coefficient (Wildman–Crippen LogP) is 3.20. The van der Waals surface area contributed by atoms with Gasteiger partial charge >= 0.3 is 0 Å². The lowest BCUT2D eigenvalue weighted by Crippen LogP contribution is -2.49. The molecule has 2 unspecified atom stereocenters. The fourth-order valence-electron chi connectivity index (χ4n) is 3.85. The van der Waals surface area contributed by atoms with Crippen molar-refractivity contribution in [3.63, 3.8) is 0 Å². The van der Waals surface area contributed by atoms with Crippen molar-refractivity contribution in [3.05, 3.63) is 23.8 Å². The van der Waals surface area contributed by atoms with Crippen LogP contribution in [-0.2, 0) is 0 Å². The van der Waals surface area contributed by atoms with Crippen molar-refractivity contribution in [2.75, 3.05) is 13.7 Å². The Labute approximate surface area is 125 Å². The Kier molecular flexibility index (Phi) is 4.04. The van der Waals surface area contributed by atoms with Crippen molar-refractivity contribution < 1.29 is 14.6 Å². The number of phenols is 1. The third-order valence-corrected chi connectivity index (χ3v) is 4.94.